The van der Waals surface area contributed by atoms with E-state index in [-0.39, 0.29) is 0 Å². The Balaban J connectivity index is 1.75. The molecule has 0 amide bonds. The molecule has 22 heavy (non-hydrogen) atoms. The fourth-order valence-corrected chi connectivity index (χ4v) is 3.58. The first-order valence-corrected chi connectivity index (χ1v) is 8.24. The van der Waals surface area contributed by atoms with Crippen molar-refractivity contribution in [2.75, 3.05) is 0 Å². The number of benzene rings is 3. The molecular weight excluding hydrogens is 332 g/mol. The van der Waals surface area contributed by atoms with Crippen LogP contribution in [0.4, 0.5) is 0 Å². The molecule has 0 bridgehead atoms. The van der Waals surface area contributed by atoms with E-state index < -0.39 is 0 Å². The zero-order valence-electron chi connectivity index (χ0n) is 12.1. The van der Waals surface area contributed by atoms with Gasteiger partial charge in [0.1, 0.15) is 0 Å². The van der Waals surface area contributed by atoms with Crippen LogP contribution >= 0.6 is 15.9 Å². The predicted molar refractivity (Wildman–Crippen MR) is 97.9 cm³/mol. The van der Waals surface area contributed by atoms with Gasteiger partial charge >= 0.3 is 0 Å². The Morgan fingerprint density at radius 1 is 0.636 bits per heavy atom. The van der Waals surface area contributed by atoms with Crippen molar-refractivity contribution < 1.29 is 0 Å². The predicted octanol–water partition coefficient (Wildman–Crippen LogP) is 6.31. The fraction of sp³-hybridized carbons (Fsp3) is 0.0476. The van der Waals surface area contributed by atoms with Gasteiger partial charge in [-0.3, -0.25) is 0 Å². The van der Waals surface area contributed by atoms with Crippen molar-refractivity contribution in [1.29, 1.82) is 0 Å². The van der Waals surface area contributed by atoms with Crippen molar-refractivity contribution in [2.45, 2.75) is 6.42 Å². The molecule has 106 valence electrons. The maximum Gasteiger partial charge on any atom is 0.00470 e. The summed E-state index contributed by atoms with van der Waals surface area (Å²) in [6.07, 6.45) is 3.25. The van der Waals surface area contributed by atoms with Crippen molar-refractivity contribution in [3.05, 3.63) is 88.4 Å². The van der Waals surface area contributed by atoms with Crippen LogP contribution in [-0.2, 0) is 6.42 Å². The molecule has 0 nitrogen and oxygen atoms in total. The largest absolute Gasteiger partial charge is 0.0622 e. The summed E-state index contributed by atoms with van der Waals surface area (Å²) in [5.41, 5.74) is 7.85. The first-order valence-electron chi connectivity index (χ1n) is 7.45. The van der Waals surface area contributed by atoms with Gasteiger partial charge in [0, 0.05) is 10.9 Å². The van der Waals surface area contributed by atoms with E-state index in [4.69, 9.17) is 0 Å². The van der Waals surface area contributed by atoms with Gasteiger partial charge in [-0.1, -0.05) is 88.7 Å². The molecule has 0 saturated carbocycles. The fourth-order valence-electron chi connectivity index (χ4n) is 3.05. The Morgan fingerprint density at radius 3 is 2.09 bits per heavy atom. The quantitative estimate of drug-likeness (QED) is 0.509. The number of hydrogen-bond donors (Lipinski definition) is 0. The lowest BCUT2D eigenvalue weighted by Crippen LogP contribution is -1.87. The van der Waals surface area contributed by atoms with Gasteiger partial charge in [0.25, 0.3) is 0 Å². The highest BCUT2D eigenvalue weighted by molar-refractivity contribution is 9.11. The van der Waals surface area contributed by atoms with E-state index >= 15 is 0 Å². The van der Waals surface area contributed by atoms with E-state index in [0.29, 0.717) is 0 Å². The Labute approximate surface area is 139 Å². The highest BCUT2D eigenvalue weighted by Crippen LogP contribution is 2.36. The molecule has 3 aromatic carbocycles. The van der Waals surface area contributed by atoms with Crippen LogP contribution in [0.3, 0.4) is 0 Å². The molecule has 0 saturated heterocycles. The standard InChI is InChI=1S/C21H15Br/c22-19-13-18-7-4-8-20(21(18)14-19)17-11-9-16(10-12-17)15-5-2-1-3-6-15/h1-12,14H,13H2. The summed E-state index contributed by atoms with van der Waals surface area (Å²) in [5.74, 6) is 0. The Hall–Kier alpha value is -2.12. The molecule has 3 aromatic rings. The average Bonchev–Trinajstić information content (AvgIpc) is 2.96. The lowest BCUT2D eigenvalue weighted by Gasteiger charge is -2.09. The molecule has 0 radical (unpaired) electrons. The van der Waals surface area contributed by atoms with Gasteiger partial charge in [-0.2, -0.15) is 0 Å². The third kappa shape index (κ3) is 2.42. The van der Waals surface area contributed by atoms with Gasteiger partial charge in [0.2, 0.25) is 0 Å². The van der Waals surface area contributed by atoms with Gasteiger partial charge in [-0.05, 0) is 39.5 Å². The zero-order chi connectivity index (χ0) is 14.9. The van der Waals surface area contributed by atoms with Crippen LogP contribution in [-0.4, -0.2) is 0 Å². The average molecular weight is 347 g/mol. The minimum absolute atomic E-state index is 1.01. The highest BCUT2D eigenvalue weighted by atomic mass is 79.9. The van der Waals surface area contributed by atoms with Gasteiger partial charge < -0.3 is 0 Å². The Morgan fingerprint density at radius 2 is 1.32 bits per heavy atom. The van der Waals surface area contributed by atoms with Crippen molar-refractivity contribution in [1.82, 2.24) is 0 Å². The molecule has 0 unspecified atom stereocenters. The zero-order valence-corrected chi connectivity index (χ0v) is 13.7. The van der Waals surface area contributed by atoms with Gasteiger partial charge in [0.05, 0.1) is 0 Å². The highest BCUT2D eigenvalue weighted by Gasteiger charge is 2.14. The minimum atomic E-state index is 1.01. The molecule has 0 aromatic heterocycles. The van der Waals surface area contributed by atoms with Crippen molar-refractivity contribution in [2.24, 2.45) is 0 Å². The lowest BCUT2D eigenvalue weighted by molar-refractivity contribution is 1.30. The summed E-state index contributed by atoms with van der Waals surface area (Å²) < 4.78 is 1.26. The van der Waals surface area contributed by atoms with E-state index in [1.165, 1.54) is 37.9 Å². The van der Waals surface area contributed by atoms with E-state index in [1.54, 1.807) is 0 Å². The smallest absolute Gasteiger partial charge is 0.00470 e. The number of rotatable bonds is 2. The van der Waals surface area contributed by atoms with Crippen LogP contribution in [0.1, 0.15) is 11.1 Å². The summed E-state index contributed by atoms with van der Waals surface area (Å²) in [5, 5.41) is 0. The molecule has 0 heterocycles. The van der Waals surface area contributed by atoms with Gasteiger partial charge in [0.15, 0.2) is 0 Å². The molecule has 0 fully saturated rings. The topological polar surface area (TPSA) is 0 Å². The Bertz CT molecular complexity index is 843. The van der Waals surface area contributed by atoms with Gasteiger partial charge in [-0.15, -0.1) is 0 Å². The number of fused-ring (bicyclic) bond motifs is 1. The SMILES string of the molecule is BrC1=Cc2c(cccc2-c2ccc(-c3ccccc3)cc2)C1. The van der Waals surface area contributed by atoms with Crippen LogP contribution in [0.2, 0.25) is 0 Å². The molecule has 1 aliphatic rings. The molecule has 4 rings (SSSR count). The molecule has 0 atom stereocenters. The third-order valence-corrected chi connectivity index (χ3v) is 4.67. The molecule has 1 heteroatoms. The van der Waals surface area contributed by atoms with E-state index in [9.17, 15) is 0 Å². The first-order chi connectivity index (χ1) is 10.8. The van der Waals surface area contributed by atoms with Crippen LogP contribution < -0.4 is 0 Å². The van der Waals surface area contributed by atoms with Crippen LogP contribution in [0.15, 0.2) is 77.3 Å². The molecule has 0 N–H and O–H groups in total. The first kappa shape index (κ1) is 13.5. The molecule has 0 aliphatic heterocycles. The molecule has 1 aliphatic carbocycles. The van der Waals surface area contributed by atoms with Gasteiger partial charge in [-0.25, -0.2) is 0 Å². The Kier molecular flexibility index (Phi) is 3.44. The lowest BCUT2D eigenvalue weighted by atomic mass is 9.95. The van der Waals surface area contributed by atoms with E-state index in [1.807, 2.05) is 0 Å². The van der Waals surface area contributed by atoms with E-state index in [0.717, 1.165) is 6.42 Å². The van der Waals surface area contributed by atoms with Crippen molar-refractivity contribution in [3.63, 3.8) is 0 Å². The summed E-state index contributed by atoms with van der Waals surface area (Å²) in [7, 11) is 0. The normalized spacial score (nSPS) is 12.9. The second-order valence-electron chi connectivity index (χ2n) is 5.59. The second-order valence-corrected chi connectivity index (χ2v) is 6.61. The second kappa shape index (κ2) is 5.58. The molecule has 0 spiro atoms. The number of allylic oxidation sites excluding steroid dienone is 1. The van der Waals surface area contributed by atoms with Crippen LogP contribution in [0, 0.1) is 0 Å². The number of hydrogen-bond acceptors (Lipinski definition) is 0. The summed E-state index contributed by atoms with van der Waals surface area (Å²) in [6.45, 7) is 0. The molecular formula is C21H15Br. The summed E-state index contributed by atoms with van der Waals surface area (Å²) in [4.78, 5) is 0. The van der Waals surface area contributed by atoms with Crippen molar-refractivity contribution >= 4 is 22.0 Å². The maximum atomic E-state index is 3.63. The van der Waals surface area contributed by atoms with Crippen LogP contribution in [0.5, 0.6) is 0 Å². The van der Waals surface area contributed by atoms with Crippen molar-refractivity contribution in [3.8, 4) is 22.3 Å². The van der Waals surface area contributed by atoms with Crippen LogP contribution in [0.25, 0.3) is 28.3 Å². The van der Waals surface area contributed by atoms with E-state index in [2.05, 4.69) is 94.8 Å². The summed E-state index contributed by atoms with van der Waals surface area (Å²) in [6, 6.07) is 25.9. The third-order valence-electron chi connectivity index (χ3n) is 4.16. The summed E-state index contributed by atoms with van der Waals surface area (Å²) >= 11 is 3.63. The number of halogens is 1. The minimum Gasteiger partial charge on any atom is -0.0622 e. The maximum absolute atomic E-state index is 3.63. The monoisotopic (exact) mass is 346 g/mol.